The van der Waals surface area contributed by atoms with Gasteiger partial charge < -0.3 is 4.57 Å². The van der Waals surface area contributed by atoms with Crippen LogP contribution < -0.4 is 0 Å². The highest BCUT2D eigenvalue weighted by molar-refractivity contribution is 6.10. The van der Waals surface area contributed by atoms with Crippen LogP contribution in [0.4, 0.5) is 0 Å². The van der Waals surface area contributed by atoms with Gasteiger partial charge in [0.15, 0.2) is 0 Å². The summed E-state index contributed by atoms with van der Waals surface area (Å²) < 4.78 is 4.63. The van der Waals surface area contributed by atoms with Gasteiger partial charge in [-0.1, -0.05) is 103 Å². The number of nitriles is 1. The van der Waals surface area contributed by atoms with Crippen molar-refractivity contribution in [1.29, 1.82) is 5.26 Å². The number of pyridine rings is 1. The van der Waals surface area contributed by atoms with Gasteiger partial charge in [0.2, 0.25) is 0 Å². The van der Waals surface area contributed by atoms with Gasteiger partial charge in [0, 0.05) is 33.0 Å². The Kier molecular flexibility index (Phi) is 9.26. The number of para-hydroxylation sites is 1. The topological polar surface area (TPSA) is 46.5 Å². The van der Waals surface area contributed by atoms with Crippen LogP contribution in [-0.4, -0.2) is 14.1 Å². The molecule has 0 saturated heterocycles. The van der Waals surface area contributed by atoms with Gasteiger partial charge in [-0.25, -0.2) is 4.98 Å². The van der Waals surface area contributed by atoms with Crippen molar-refractivity contribution < 1.29 is 0 Å². The maximum Gasteiger partial charge on any atom is 0.138 e. The van der Waals surface area contributed by atoms with Crippen LogP contribution >= 0.6 is 0 Å². The summed E-state index contributed by atoms with van der Waals surface area (Å²) in [4.78, 5) is 5.31. The van der Waals surface area contributed by atoms with Gasteiger partial charge in [0.05, 0.1) is 40.1 Å². The second kappa shape index (κ2) is 14.6. The number of hydrogen-bond acceptors (Lipinski definition) is 2. The van der Waals surface area contributed by atoms with Gasteiger partial charge in [0.25, 0.3) is 0 Å². The van der Waals surface area contributed by atoms with Crippen molar-refractivity contribution in [2.45, 2.75) is 48.5 Å². The molecule has 0 bridgehead atoms. The summed E-state index contributed by atoms with van der Waals surface area (Å²) in [6.07, 6.45) is 8.03. The van der Waals surface area contributed by atoms with E-state index in [1.165, 1.54) is 66.4 Å². The molecular formula is C55H46N4. The fourth-order valence-electron chi connectivity index (χ4n) is 9.62. The summed E-state index contributed by atoms with van der Waals surface area (Å²) in [5.74, 6) is 0.822. The lowest BCUT2D eigenvalue weighted by molar-refractivity contribution is 1.01. The third-order valence-corrected chi connectivity index (χ3v) is 11.9. The molecule has 286 valence electrons. The first kappa shape index (κ1) is 37.4. The van der Waals surface area contributed by atoms with E-state index >= 15 is 0 Å². The van der Waals surface area contributed by atoms with Gasteiger partial charge in [0.1, 0.15) is 5.82 Å². The normalized spacial score (nSPS) is 11.6. The number of aromatic nitrogens is 3. The zero-order valence-electron chi connectivity index (χ0n) is 34.8. The molecule has 0 atom stereocenters. The molecule has 0 aliphatic heterocycles. The van der Waals surface area contributed by atoms with E-state index in [0.717, 1.165) is 55.8 Å². The van der Waals surface area contributed by atoms with Gasteiger partial charge in [-0.2, -0.15) is 5.26 Å². The third kappa shape index (κ3) is 6.27. The van der Waals surface area contributed by atoms with Crippen molar-refractivity contribution in [3.8, 4) is 51.0 Å². The quantitative estimate of drug-likeness (QED) is 0.152. The Labute approximate surface area is 346 Å². The molecule has 6 aromatic carbocycles. The summed E-state index contributed by atoms with van der Waals surface area (Å²) in [5, 5.41) is 13.3. The lowest BCUT2D eigenvalue weighted by Crippen LogP contribution is -2.04. The summed E-state index contributed by atoms with van der Waals surface area (Å²) in [5.41, 5.74) is 21.7. The Hall–Kier alpha value is -7.22. The molecule has 0 aliphatic carbocycles. The number of rotatable bonds is 7. The molecule has 0 fully saturated rings. The van der Waals surface area contributed by atoms with E-state index in [9.17, 15) is 5.26 Å². The van der Waals surface area contributed by atoms with Crippen LogP contribution in [0.25, 0.3) is 83.7 Å². The van der Waals surface area contributed by atoms with E-state index in [1.54, 1.807) is 0 Å². The molecule has 4 nitrogen and oxygen atoms in total. The molecule has 3 heterocycles. The monoisotopic (exact) mass is 762 g/mol. The van der Waals surface area contributed by atoms with E-state index in [4.69, 9.17) is 4.98 Å². The predicted octanol–water partition coefficient (Wildman–Crippen LogP) is 14.4. The minimum atomic E-state index is 0.621. The third-order valence-electron chi connectivity index (χ3n) is 11.9. The summed E-state index contributed by atoms with van der Waals surface area (Å²) in [6, 6.07) is 43.8. The molecule has 0 unspecified atom stereocenters. The van der Waals surface area contributed by atoms with Crippen LogP contribution in [0, 0.1) is 59.8 Å². The lowest BCUT2D eigenvalue weighted by Gasteiger charge is -2.17. The summed E-state index contributed by atoms with van der Waals surface area (Å²) in [7, 11) is 0. The van der Waals surface area contributed by atoms with Gasteiger partial charge in [-0.05, 0) is 147 Å². The molecular weight excluding hydrogens is 717 g/mol. The highest BCUT2D eigenvalue weighted by atomic mass is 15.1. The Balaban J connectivity index is 1.29. The van der Waals surface area contributed by atoms with Crippen molar-refractivity contribution in [2.24, 2.45) is 0 Å². The Morgan fingerprint density at radius 1 is 0.576 bits per heavy atom. The van der Waals surface area contributed by atoms with Crippen LogP contribution in [-0.2, 0) is 0 Å². The molecule has 0 N–H and O–H groups in total. The molecule has 9 rings (SSSR count). The average molecular weight is 763 g/mol. The van der Waals surface area contributed by atoms with Crippen molar-refractivity contribution >= 4 is 38.8 Å². The molecule has 0 spiro atoms. The maximum absolute atomic E-state index is 9.74. The number of allylic oxidation sites excluding steroid dienone is 2. The van der Waals surface area contributed by atoms with Gasteiger partial charge in [-0.3, -0.25) is 4.57 Å². The van der Waals surface area contributed by atoms with E-state index in [-0.39, 0.29) is 0 Å². The van der Waals surface area contributed by atoms with E-state index in [2.05, 4.69) is 167 Å². The number of benzene rings is 6. The maximum atomic E-state index is 9.74. The van der Waals surface area contributed by atoms with Crippen LogP contribution in [0.2, 0.25) is 0 Å². The fourth-order valence-corrected chi connectivity index (χ4v) is 9.62. The molecule has 59 heavy (non-hydrogen) atoms. The fraction of sp³-hybridized carbons (Fsp3) is 0.127. The minimum absolute atomic E-state index is 0.621. The SMILES string of the molecule is C=C/C=C\c1c(C)n(-c2cnc(-n3c4ccccc4c4cc(-c5c(C)cc(C)cc5C)ccc43)cc2-c2ccc(C#N)cc2)c2ccc(-c3c(C)cc(C)cc3C)cc12. The minimum Gasteiger partial charge on any atom is -0.311 e. The van der Waals surface area contributed by atoms with E-state index in [0.29, 0.717) is 5.56 Å². The number of aryl methyl sites for hydroxylation is 6. The Bertz CT molecular complexity index is 3200. The first-order valence-electron chi connectivity index (χ1n) is 20.2. The van der Waals surface area contributed by atoms with Crippen molar-refractivity contribution in [2.75, 3.05) is 0 Å². The molecule has 0 radical (unpaired) electrons. The van der Waals surface area contributed by atoms with E-state index in [1.807, 2.05) is 42.6 Å². The predicted molar refractivity (Wildman–Crippen MR) is 249 cm³/mol. The van der Waals surface area contributed by atoms with Crippen molar-refractivity contribution in [3.05, 3.63) is 190 Å². The van der Waals surface area contributed by atoms with Crippen molar-refractivity contribution in [1.82, 2.24) is 14.1 Å². The Morgan fingerprint density at radius 3 is 1.71 bits per heavy atom. The average Bonchev–Trinajstić information content (AvgIpc) is 3.69. The number of hydrogen-bond donors (Lipinski definition) is 0. The molecule has 0 amide bonds. The first-order valence-corrected chi connectivity index (χ1v) is 20.2. The van der Waals surface area contributed by atoms with Crippen LogP contribution in [0.15, 0.2) is 140 Å². The number of nitrogens with zero attached hydrogens (tertiary/aromatic N) is 4. The molecule has 9 aromatic rings. The highest BCUT2D eigenvalue weighted by Crippen LogP contribution is 2.41. The smallest absolute Gasteiger partial charge is 0.138 e. The van der Waals surface area contributed by atoms with Gasteiger partial charge >= 0.3 is 0 Å². The van der Waals surface area contributed by atoms with E-state index < -0.39 is 0 Å². The number of fused-ring (bicyclic) bond motifs is 4. The largest absolute Gasteiger partial charge is 0.311 e. The standard InChI is InChI=1S/C55H46N4/c1-9-10-13-44-39(8)58(50-22-20-42(28-47(44)50)54-35(4)24-33(2)25-36(54)5)52-32-57-53(30-46(52)41-18-16-40(31-56)17-19-41)59-49-15-12-11-14-45(49)48-29-43(21-23-51(48)59)55-37(6)26-34(3)27-38(55)7/h9-30,32H,1H2,2-8H3/b13-10-. The zero-order valence-corrected chi connectivity index (χ0v) is 34.8. The van der Waals surface area contributed by atoms with Crippen LogP contribution in [0.1, 0.15) is 50.2 Å². The van der Waals surface area contributed by atoms with Crippen LogP contribution in [0.3, 0.4) is 0 Å². The molecule has 3 aromatic heterocycles. The van der Waals surface area contributed by atoms with Crippen LogP contribution in [0.5, 0.6) is 0 Å². The highest BCUT2D eigenvalue weighted by Gasteiger charge is 2.22. The lowest BCUT2D eigenvalue weighted by atomic mass is 9.93. The summed E-state index contributed by atoms with van der Waals surface area (Å²) in [6.45, 7) is 19.3. The Morgan fingerprint density at radius 2 is 1.12 bits per heavy atom. The summed E-state index contributed by atoms with van der Waals surface area (Å²) >= 11 is 0. The zero-order chi connectivity index (χ0) is 41.1. The molecule has 4 heteroatoms. The molecule has 0 aliphatic rings. The molecule has 0 saturated carbocycles. The second-order valence-corrected chi connectivity index (χ2v) is 16.0. The second-order valence-electron chi connectivity index (χ2n) is 16.0. The van der Waals surface area contributed by atoms with Crippen molar-refractivity contribution in [3.63, 3.8) is 0 Å². The first-order chi connectivity index (χ1) is 28.6. The van der Waals surface area contributed by atoms with Gasteiger partial charge in [-0.15, -0.1) is 0 Å².